The summed E-state index contributed by atoms with van der Waals surface area (Å²) >= 11 is 6.19. The van der Waals surface area contributed by atoms with Gasteiger partial charge in [-0.15, -0.1) is 11.6 Å². The normalized spacial score (nSPS) is 23.4. The number of rotatable bonds is 2. The van der Waals surface area contributed by atoms with Crippen molar-refractivity contribution >= 4 is 11.6 Å². The van der Waals surface area contributed by atoms with Crippen LogP contribution < -0.4 is 0 Å². The monoisotopic (exact) mass is 246 g/mol. The third-order valence-electron chi connectivity index (χ3n) is 3.99. The molecule has 1 unspecified atom stereocenters. The maximum atomic E-state index is 6.19. The Kier molecular flexibility index (Phi) is 3.24. The highest BCUT2D eigenvalue weighted by Gasteiger charge is 2.14. The van der Waals surface area contributed by atoms with E-state index in [1.165, 1.54) is 43.2 Å². The fraction of sp³-hybridized carbons (Fsp3) is 0.500. The third kappa shape index (κ3) is 2.57. The summed E-state index contributed by atoms with van der Waals surface area (Å²) in [6.45, 7) is 0. The van der Waals surface area contributed by atoms with E-state index in [9.17, 15) is 0 Å². The Hall–Kier alpha value is -0.750. The lowest BCUT2D eigenvalue weighted by Gasteiger charge is -2.16. The van der Waals surface area contributed by atoms with Crippen molar-refractivity contribution in [2.75, 3.05) is 0 Å². The highest BCUT2D eigenvalue weighted by molar-refractivity contribution is 6.21. The molecule has 0 heterocycles. The van der Waals surface area contributed by atoms with Crippen molar-refractivity contribution in [3.63, 3.8) is 0 Å². The first-order valence-corrected chi connectivity index (χ1v) is 7.19. The number of alkyl halides is 1. The van der Waals surface area contributed by atoms with Gasteiger partial charge in [0.15, 0.2) is 0 Å². The van der Waals surface area contributed by atoms with Crippen LogP contribution in [0.4, 0.5) is 0 Å². The molecule has 1 atom stereocenters. The Morgan fingerprint density at radius 3 is 2.82 bits per heavy atom. The predicted molar refractivity (Wildman–Crippen MR) is 73.7 cm³/mol. The number of halogens is 1. The van der Waals surface area contributed by atoms with Crippen molar-refractivity contribution in [2.24, 2.45) is 0 Å². The van der Waals surface area contributed by atoms with Crippen molar-refractivity contribution in [1.29, 1.82) is 0 Å². The molecule has 0 N–H and O–H groups in total. The number of hydrogen-bond acceptors (Lipinski definition) is 0. The second-order valence-electron chi connectivity index (χ2n) is 5.37. The van der Waals surface area contributed by atoms with Crippen LogP contribution in [-0.4, -0.2) is 5.38 Å². The second-order valence-corrected chi connectivity index (χ2v) is 5.93. The van der Waals surface area contributed by atoms with Gasteiger partial charge in [-0.25, -0.2) is 0 Å². The molecule has 0 aromatic heterocycles. The molecule has 90 valence electrons. The van der Waals surface area contributed by atoms with Gasteiger partial charge in [-0.3, -0.25) is 0 Å². The van der Waals surface area contributed by atoms with Crippen LogP contribution in [0, 0.1) is 0 Å². The molecule has 0 saturated heterocycles. The molecule has 2 aliphatic rings. The van der Waals surface area contributed by atoms with E-state index in [4.69, 9.17) is 11.6 Å². The molecule has 3 rings (SSSR count). The van der Waals surface area contributed by atoms with Gasteiger partial charge in [0.05, 0.1) is 5.38 Å². The Morgan fingerprint density at radius 2 is 1.94 bits per heavy atom. The largest absolute Gasteiger partial charge is 0.118 e. The summed E-state index contributed by atoms with van der Waals surface area (Å²) in [5, 5.41) is 0.271. The molecule has 0 radical (unpaired) electrons. The van der Waals surface area contributed by atoms with Crippen molar-refractivity contribution in [3.05, 3.63) is 46.5 Å². The summed E-state index contributed by atoms with van der Waals surface area (Å²) in [4.78, 5) is 0. The van der Waals surface area contributed by atoms with Gasteiger partial charge in [-0.05, 0) is 61.6 Å². The van der Waals surface area contributed by atoms with E-state index in [1.54, 1.807) is 11.1 Å². The maximum Gasteiger partial charge on any atom is 0.0518 e. The zero-order chi connectivity index (χ0) is 11.7. The van der Waals surface area contributed by atoms with E-state index in [0.29, 0.717) is 0 Å². The van der Waals surface area contributed by atoms with E-state index in [1.807, 2.05) is 0 Å². The summed E-state index contributed by atoms with van der Waals surface area (Å²) in [5.74, 6) is 0. The number of benzene rings is 1. The lowest BCUT2D eigenvalue weighted by molar-refractivity contribution is 0.693. The van der Waals surface area contributed by atoms with Crippen molar-refractivity contribution in [3.8, 4) is 0 Å². The van der Waals surface area contributed by atoms with E-state index in [0.717, 1.165) is 12.8 Å². The third-order valence-corrected chi connectivity index (χ3v) is 4.33. The smallest absolute Gasteiger partial charge is 0.0518 e. The summed E-state index contributed by atoms with van der Waals surface area (Å²) in [5.41, 5.74) is 6.17. The van der Waals surface area contributed by atoms with E-state index in [-0.39, 0.29) is 5.38 Å². The minimum atomic E-state index is 0.271. The quantitative estimate of drug-likeness (QED) is 0.535. The Bertz CT molecular complexity index is 445. The van der Waals surface area contributed by atoms with Gasteiger partial charge in [0, 0.05) is 0 Å². The van der Waals surface area contributed by atoms with Gasteiger partial charge >= 0.3 is 0 Å². The van der Waals surface area contributed by atoms with Gasteiger partial charge in [-0.2, -0.15) is 0 Å². The van der Waals surface area contributed by atoms with Crippen LogP contribution in [0.25, 0.3) is 0 Å². The molecule has 0 spiro atoms. The van der Waals surface area contributed by atoms with E-state index < -0.39 is 0 Å². The van der Waals surface area contributed by atoms with Gasteiger partial charge < -0.3 is 0 Å². The van der Waals surface area contributed by atoms with E-state index in [2.05, 4.69) is 24.3 Å². The van der Waals surface area contributed by atoms with Gasteiger partial charge in [0.25, 0.3) is 0 Å². The summed E-state index contributed by atoms with van der Waals surface area (Å²) in [6, 6.07) is 7.06. The predicted octanol–water partition coefficient (Wildman–Crippen LogP) is 4.44. The molecule has 0 amide bonds. The van der Waals surface area contributed by atoms with Crippen LogP contribution in [-0.2, 0) is 19.3 Å². The molecule has 0 saturated carbocycles. The fourth-order valence-corrected chi connectivity index (χ4v) is 3.42. The standard InChI is InChI=1S/C16H19Cl/c17-16-6-1-3-12(11-16)9-13-7-8-14-4-2-5-15(14)10-13/h7-8,10-11,16H,1-6,9H2. The van der Waals surface area contributed by atoms with Crippen LogP contribution in [0.2, 0.25) is 0 Å². The Balaban J connectivity index is 1.77. The lowest BCUT2D eigenvalue weighted by atomic mass is 9.93. The van der Waals surface area contributed by atoms with Crippen molar-refractivity contribution in [2.45, 2.75) is 50.3 Å². The van der Waals surface area contributed by atoms with Gasteiger partial charge in [0.2, 0.25) is 0 Å². The summed E-state index contributed by atoms with van der Waals surface area (Å²) < 4.78 is 0. The number of aryl methyl sites for hydroxylation is 2. The number of allylic oxidation sites excluding steroid dienone is 2. The molecule has 1 aromatic carbocycles. The van der Waals surface area contributed by atoms with Crippen LogP contribution in [0.15, 0.2) is 29.8 Å². The molecule has 0 fully saturated rings. The van der Waals surface area contributed by atoms with Gasteiger partial charge in [0.1, 0.15) is 0 Å². The number of fused-ring (bicyclic) bond motifs is 1. The molecule has 1 heteroatoms. The first kappa shape index (κ1) is 11.3. The van der Waals surface area contributed by atoms with Crippen LogP contribution in [0.5, 0.6) is 0 Å². The second kappa shape index (κ2) is 4.86. The molecule has 2 aliphatic carbocycles. The molecule has 0 nitrogen and oxygen atoms in total. The van der Waals surface area contributed by atoms with Crippen LogP contribution in [0.1, 0.15) is 42.4 Å². The average molecular weight is 247 g/mol. The molecule has 0 bridgehead atoms. The fourth-order valence-electron chi connectivity index (χ4n) is 3.09. The minimum Gasteiger partial charge on any atom is -0.118 e. The SMILES string of the molecule is ClC1C=C(Cc2ccc3c(c2)CCC3)CCC1. The zero-order valence-corrected chi connectivity index (χ0v) is 11.0. The first-order chi connectivity index (χ1) is 8.31. The first-order valence-electron chi connectivity index (χ1n) is 6.75. The summed E-state index contributed by atoms with van der Waals surface area (Å²) in [6.07, 6.45) is 10.9. The maximum absolute atomic E-state index is 6.19. The molecule has 1 aromatic rings. The van der Waals surface area contributed by atoms with Crippen LogP contribution in [0.3, 0.4) is 0 Å². The molecule has 17 heavy (non-hydrogen) atoms. The van der Waals surface area contributed by atoms with Crippen molar-refractivity contribution < 1.29 is 0 Å². The Morgan fingerprint density at radius 1 is 1.06 bits per heavy atom. The summed E-state index contributed by atoms with van der Waals surface area (Å²) in [7, 11) is 0. The van der Waals surface area contributed by atoms with Crippen molar-refractivity contribution in [1.82, 2.24) is 0 Å². The van der Waals surface area contributed by atoms with Crippen LogP contribution >= 0.6 is 11.6 Å². The number of hydrogen-bond donors (Lipinski definition) is 0. The topological polar surface area (TPSA) is 0 Å². The average Bonchev–Trinajstić information content (AvgIpc) is 2.76. The highest BCUT2D eigenvalue weighted by atomic mass is 35.5. The highest BCUT2D eigenvalue weighted by Crippen LogP contribution is 2.27. The van der Waals surface area contributed by atoms with E-state index >= 15 is 0 Å². The zero-order valence-electron chi connectivity index (χ0n) is 10.2. The molecular formula is C16H19Cl. The Labute approximate surface area is 109 Å². The molecule has 0 aliphatic heterocycles. The lowest BCUT2D eigenvalue weighted by Crippen LogP contribution is -2.05. The minimum absolute atomic E-state index is 0.271. The molecular weight excluding hydrogens is 228 g/mol. The van der Waals surface area contributed by atoms with Gasteiger partial charge in [-0.1, -0.05) is 29.8 Å².